The Balaban J connectivity index is 2.28. The molecule has 1 aromatic rings. The molecule has 0 radical (unpaired) electrons. The summed E-state index contributed by atoms with van der Waals surface area (Å²) in [4.78, 5) is 4.01. The van der Waals surface area contributed by atoms with Crippen LogP contribution in [0, 0.1) is 0 Å². The summed E-state index contributed by atoms with van der Waals surface area (Å²) in [6, 6.07) is 3.76. The topological polar surface area (TPSA) is 50.9 Å². The van der Waals surface area contributed by atoms with Gasteiger partial charge in [0.05, 0.1) is 11.9 Å². The minimum Gasteiger partial charge on any atom is -0.384 e. The van der Waals surface area contributed by atoms with E-state index in [1.165, 1.54) is 0 Å². The average Bonchev–Trinajstić information content (AvgIpc) is 2.21. The van der Waals surface area contributed by atoms with Gasteiger partial charge in [0.25, 0.3) is 0 Å². The normalized spacial score (nSPS) is 12.4. The van der Waals surface area contributed by atoms with Crippen molar-refractivity contribution < 1.29 is 0 Å². The van der Waals surface area contributed by atoms with Gasteiger partial charge in [-0.15, -0.1) is 0 Å². The fourth-order valence-corrected chi connectivity index (χ4v) is 1.40. The van der Waals surface area contributed by atoms with E-state index in [2.05, 4.69) is 23.5 Å². The first-order valence-electron chi connectivity index (χ1n) is 4.70. The van der Waals surface area contributed by atoms with Crippen molar-refractivity contribution in [3.05, 3.63) is 18.3 Å². The molecule has 0 aromatic carbocycles. The molecule has 1 unspecified atom stereocenters. The molecule has 0 bridgehead atoms. The molecular formula is C10H17N3S. The first-order chi connectivity index (χ1) is 6.72. The van der Waals surface area contributed by atoms with Crippen LogP contribution in [0.2, 0.25) is 0 Å². The van der Waals surface area contributed by atoms with E-state index in [4.69, 9.17) is 5.73 Å². The van der Waals surface area contributed by atoms with Gasteiger partial charge in [-0.25, -0.2) is 4.98 Å². The highest BCUT2D eigenvalue weighted by atomic mass is 32.2. The van der Waals surface area contributed by atoms with E-state index >= 15 is 0 Å². The minimum atomic E-state index is 0.563. The SMILES string of the molecule is CSC(C)CCNc1ccc(N)nc1. The van der Waals surface area contributed by atoms with Crippen molar-refractivity contribution in [3.63, 3.8) is 0 Å². The molecule has 0 spiro atoms. The summed E-state index contributed by atoms with van der Waals surface area (Å²) in [5.74, 6) is 0.563. The zero-order chi connectivity index (χ0) is 10.4. The number of anilines is 2. The zero-order valence-corrected chi connectivity index (χ0v) is 9.47. The summed E-state index contributed by atoms with van der Waals surface area (Å²) in [5.41, 5.74) is 6.52. The number of nitrogens with zero attached hydrogens (tertiary/aromatic N) is 1. The Labute approximate surface area is 89.5 Å². The molecule has 0 aliphatic carbocycles. The quantitative estimate of drug-likeness (QED) is 0.784. The van der Waals surface area contributed by atoms with Crippen LogP contribution in [0.1, 0.15) is 13.3 Å². The number of rotatable bonds is 5. The lowest BCUT2D eigenvalue weighted by Crippen LogP contribution is -2.07. The summed E-state index contributed by atoms with van der Waals surface area (Å²) in [6.07, 6.45) is 5.06. The number of nitrogens with two attached hydrogens (primary N) is 1. The van der Waals surface area contributed by atoms with Crippen molar-refractivity contribution in [2.45, 2.75) is 18.6 Å². The maximum atomic E-state index is 5.48. The summed E-state index contributed by atoms with van der Waals surface area (Å²) in [5, 5.41) is 4.00. The molecule has 1 heterocycles. The van der Waals surface area contributed by atoms with Crippen LogP contribution in [-0.2, 0) is 0 Å². The number of thioether (sulfide) groups is 1. The third-order valence-electron chi connectivity index (χ3n) is 2.07. The average molecular weight is 211 g/mol. The van der Waals surface area contributed by atoms with Gasteiger partial charge in [-0.3, -0.25) is 0 Å². The highest BCUT2D eigenvalue weighted by Crippen LogP contribution is 2.11. The number of pyridine rings is 1. The molecule has 3 nitrogen and oxygen atoms in total. The number of nitrogen functional groups attached to an aromatic ring is 1. The van der Waals surface area contributed by atoms with Gasteiger partial charge in [-0.1, -0.05) is 6.92 Å². The smallest absolute Gasteiger partial charge is 0.123 e. The third-order valence-corrected chi connectivity index (χ3v) is 3.11. The maximum Gasteiger partial charge on any atom is 0.123 e. The highest BCUT2D eigenvalue weighted by molar-refractivity contribution is 7.99. The van der Waals surface area contributed by atoms with Crippen molar-refractivity contribution >= 4 is 23.3 Å². The van der Waals surface area contributed by atoms with Crippen LogP contribution >= 0.6 is 11.8 Å². The third kappa shape index (κ3) is 3.87. The van der Waals surface area contributed by atoms with E-state index < -0.39 is 0 Å². The monoisotopic (exact) mass is 211 g/mol. The Kier molecular flexibility index (Phi) is 4.59. The van der Waals surface area contributed by atoms with E-state index in [0.717, 1.165) is 18.7 Å². The highest BCUT2D eigenvalue weighted by Gasteiger charge is 1.98. The first kappa shape index (κ1) is 11.2. The molecule has 1 aromatic heterocycles. The molecule has 1 rings (SSSR count). The minimum absolute atomic E-state index is 0.563. The Bertz CT molecular complexity index is 261. The number of hydrogen-bond donors (Lipinski definition) is 2. The lowest BCUT2D eigenvalue weighted by molar-refractivity contribution is 0.853. The van der Waals surface area contributed by atoms with E-state index in [1.54, 1.807) is 12.3 Å². The van der Waals surface area contributed by atoms with E-state index in [-0.39, 0.29) is 0 Å². The van der Waals surface area contributed by atoms with Crippen LogP contribution in [0.25, 0.3) is 0 Å². The number of aromatic nitrogens is 1. The molecule has 14 heavy (non-hydrogen) atoms. The Morgan fingerprint density at radius 1 is 1.57 bits per heavy atom. The molecule has 0 amide bonds. The molecule has 0 fully saturated rings. The standard InChI is InChI=1S/C10H17N3S/c1-8(14-2)5-6-12-9-3-4-10(11)13-7-9/h3-4,7-8,12H,5-6H2,1-2H3,(H2,11,13). The molecule has 0 saturated carbocycles. The molecule has 0 saturated heterocycles. The Morgan fingerprint density at radius 3 is 2.93 bits per heavy atom. The second-order valence-corrected chi connectivity index (χ2v) is 4.51. The molecule has 78 valence electrons. The van der Waals surface area contributed by atoms with Crippen LogP contribution in [0.3, 0.4) is 0 Å². The van der Waals surface area contributed by atoms with Crippen molar-refractivity contribution in [2.24, 2.45) is 0 Å². The largest absolute Gasteiger partial charge is 0.384 e. The van der Waals surface area contributed by atoms with Crippen LogP contribution in [-0.4, -0.2) is 23.0 Å². The van der Waals surface area contributed by atoms with Crippen LogP contribution in [0.4, 0.5) is 11.5 Å². The molecule has 1 atom stereocenters. The fourth-order valence-electron chi connectivity index (χ4n) is 1.05. The van der Waals surface area contributed by atoms with E-state index in [9.17, 15) is 0 Å². The predicted molar refractivity (Wildman–Crippen MR) is 64.7 cm³/mol. The molecule has 0 aliphatic rings. The van der Waals surface area contributed by atoms with Gasteiger partial charge in [0.2, 0.25) is 0 Å². The lowest BCUT2D eigenvalue weighted by Gasteiger charge is -2.09. The Morgan fingerprint density at radius 2 is 2.36 bits per heavy atom. The van der Waals surface area contributed by atoms with E-state index in [1.807, 2.05) is 17.8 Å². The lowest BCUT2D eigenvalue weighted by atomic mass is 10.3. The second-order valence-electron chi connectivity index (χ2n) is 3.23. The molecular weight excluding hydrogens is 194 g/mol. The summed E-state index contributed by atoms with van der Waals surface area (Å²) >= 11 is 1.89. The summed E-state index contributed by atoms with van der Waals surface area (Å²) in [6.45, 7) is 3.21. The number of hydrogen-bond acceptors (Lipinski definition) is 4. The van der Waals surface area contributed by atoms with Gasteiger partial charge in [-0.2, -0.15) is 11.8 Å². The van der Waals surface area contributed by atoms with Crippen molar-refractivity contribution in [3.8, 4) is 0 Å². The zero-order valence-electron chi connectivity index (χ0n) is 8.66. The van der Waals surface area contributed by atoms with Crippen LogP contribution in [0.5, 0.6) is 0 Å². The summed E-state index contributed by atoms with van der Waals surface area (Å²) < 4.78 is 0. The van der Waals surface area contributed by atoms with Crippen LogP contribution in [0.15, 0.2) is 18.3 Å². The van der Waals surface area contributed by atoms with Gasteiger partial charge in [0.15, 0.2) is 0 Å². The number of nitrogens with one attached hydrogen (secondary N) is 1. The van der Waals surface area contributed by atoms with Gasteiger partial charge in [0, 0.05) is 11.8 Å². The summed E-state index contributed by atoms with van der Waals surface area (Å²) in [7, 11) is 0. The predicted octanol–water partition coefficient (Wildman–Crippen LogP) is 2.22. The van der Waals surface area contributed by atoms with Gasteiger partial charge >= 0.3 is 0 Å². The van der Waals surface area contributed by atoms with Gasteiger partial charge < -0.3 is 11.1 Å². The van der Waals surface area contributed by atoms with Gasteiger partial charge in [0.1, 0.15) is 5.82 Å². The van der Waals surface area contributed by atoms with Crippen LogP contribution < -0.4 is 11.1 Å². The van der Waals surface area contributed by atoms with Gasteiger partial charge in [-0.05, 0) is 24.8 Å². The maximum absolute atomic E-state index is 5.48. The Hall–Kier alpha value is -0.900. The van der Waals surface area contributed by atoms with E-state index in [0.29, 0.717) is 11.1 Å². The first-order valence-corrected chi connectivity index (χ1v) is 5.99. The molecule has 0 aliphatic heterocycles. The second kappa shape index (κ2) is 5.75. The molecule has 4 heteroatoms. The van der Waals surface area contributed by atoms with Crippen molar-refractivity contribution in [1.29, 1.82) is 0 Å². The fraction of sp³-hybridized carbons (Fsp3) is 0.500. The molecule has 3 N–H and O–H groups in total. The van der Waals surface area contributed by atoms with Crippen molar-refractivity contribution in [1.82, 2.24) is 4.98 Å². The van der Waals surface area contributed by atoms with Crippen molar-refractivity contribution in [2.75, 3.05) is 23.9 Å².